The number of hydrogen-bond donors (Lipinski definition) is 0. The molecule has 8 aromatic rings. The third-order valence-electron chi connectivity index (χ3n) is 8.87. The summed E-state index contributed by atoms with van der Waals surface area (Å²) in [5, 5.41) is 5.02. The van der Waals surface area contributed by atoms with Crippen LogP contribution in [-0.4, -0.2) is 4.57 Å². The van der Waals surface area contributed by atoms with Crippen molar-refractivity contribution < 1.29 is 0 Å². The average Bonchev–Trinajstić information content (AvgIpc) is 3.39. The molecule has 0 radical (unpaired) electrons. The highest BCUT2D eigenvalue weighted by molar-refractivity contribution is 6.10. The first-order valence-electron chi connectivity index (χ1n) is 14.9. The van der Waals surface area contributed by atoms with Crippen LogP contribution in [0.2, 0.25) is 0 Å². The molecule has 204 valence electrons. The van der Waals surface area contributed by atoms with Gasteiger partial charge >= 0.3 is 0 Å². The smallest absolute Gasteiger partial charge is 0.0541 e. The van der Waals surface area contributed by atoms with Crippen LogP contribution in [0.25, 0.3) is 71.6 Å². The highest BCUT2D eigenvalue weighted by Crippen LogP contribution is 2.37. The van der Waals surface area contributed by atoms with Crippen LogP contribution in [0.5, 0.6) is 0 Å². The number of para-hydroxylation sites is 1. The van der Waals surface area contributed by atoms with Crippen molar-refractivity contribution in [3.05, 3.63) is 163 Å². The molecule has 1 nitrogen and oxygen atoms in total. The summed E-state index contributed by atoms with van der Waals surface area (Å²) in [6, 6.07) is 55.4. The molecule has 0 aliphatic carbocycles. The number of hydrogen-bond acceptors (Lipinski definition) is 0. The number of aromatic nitrogens is 1. The lowest BCUT2D eigenvalue weighted by Crippen LogP contribution is -1.94. The average molecular weight is 550 g/mol. The van der Waals surface area contributed by atoms with Crippen LogP contribution in [0.3, 0.4) is 0 Å². The lowest BCUT2D eigenvalue weighted by atomic mass is 9.92. The third kappa shape index (κ3) is 4.33. The topological polar surface area (TPSA) is 4.93 Å². The van der Waals surface area contributed by atoms with Crippen LogP contribution < -0.4 is 0 Å². The van der Waals surface area contributed by atoms with Crippen molar-refractivity contribution >= 4 is 32.6 Å². The van der Waals surface area contributed by atoms with Gasteiger partial charge in [0.1, 0.15) is 0 Å². The first-order chi connectivity index (χ1) is 21.1. The minimum absolute atomic E-state index is 1.17. The summed E-state index contributed by atoms with van der Waals surface area (Å²) in [7, 11) is 0. The van der Waals surface area contributed by atoms with Gasteiger partial charge in [0.05, 0.1) is 11.0 Å². The van der Waals surface area contributed by atoms with E-state index in [0.29, 0.717) is 0 Å². The van der Waals surface area contributed by atoms with Gasteiger partial charge in [-0.25, -0.2) is 0 Å². The molecule has 0 unspecified atom stereocenters. The summed E-state index contributed by atoms with van der Waals surface area (Å²) < 4.78 is 2.41. The molecule has 43 heavy (non-hydrogen) atoms. The van der Waals surface area contributed by atoms with Crippen molar-refractivity contribution in [3.8, 4) is 39.1 Å². The SMILES string of the molecule is Cc1ccccc1-c1cc(-c2ccc3c(c2)c2ccccc2n3-c2ccc3ccc(-c4ccccc4)cc3c2)ccc1C. The predicted molar refractivity (Wildman–Crippen MR) is 184 cm³/mol. The molecule has 0 N–H and O–H groups in total. The third-order valence-corrected chi connectivity index (χ3v) is 8.87. The van der Waals surface area contributed by atoms with E-state index >= 15 is 0 Å². The van der Waals surface area contributed by atoms with Crippen LogP contribution in [-0.2, 0) is 0 Å². The van der Waals surface area contributed by atoms with Crippen molar-refractivity contribution in [2.75, 3.05) is 0 Å². The second-order valence-electron chi connectivity index (χ2n) is 11.5. The lowest BCUT2D eigenvalue weighted by Gasteiger charge is -2.13. The monoisotopic (exact) mass is 549 g/mol. The maximum atomic E-state index is 2.41. The molecule has 0 bridgehead atoms. The molecule has 0 aliphatic rings. The van der Waals surface area contributed by atoms with E-state index in [1.165, 1.54) is 82.8 Å². The fraction of sp³-hybridized carbons (Fsp3) is 0.0476. The highest BCUT2D eigenvalue weighted by Gasteiger charge is 2.15. The summed E-state index contributed by atoms with van der Waals surface area (Å²) in [5.41, 5.74) is 13.7. The van der Waals surface area contributed by atoms with Gasteiger partial charge in [0.2, 0.25) is 0 Å². The highest BCUT2D eigenvalue weighted by atomic mass is 15.0. The molecule has 1 aromatic heterocycles. The van der Waals surface area contributed by atoms with Crippen molar-refractivity contribution in [2.24, 2.45) is 0 Å². The molecule has 0 saturated carbocycles. The standard InChI is InChI=1S/C42H31N/c1-28-10-6-7-13-37(28)39-26-33(17-16-29(39)2)34-21-23-42-40(27-34)38-14-8-9-15-41(38)43(42)36-22-20-31-18-19-32(24-35(31)25-36)30-11-4-3-5-12-30/h3-27H,1-2H3. The summed E-state index contributed by atoms with van der Waals surface area (Å²) >= 11 is 0. The van der Waals surface area contributed by atoms with E-state index in [9.17, 15) is 0 Å². The molecule has 0 amide bonds. The first-order valence-corrected chi connectivity index (χ1v) is 14.9. The molecule has 7 aromatic carbocycles. The van der Waals surface area contributed by atoms with E-state index in [0.717, 1.165) is 0 Å². The number of aryl methyl sites for hydroxylation is 2. The van der Waals surface area contributed by atoms with E-state index in [1.807, 2.05) is 0 Å². The van der Waals surface area contributed by atoms with Gasteiger partial charge in [0.15, 0.2) is 0 Å². The zero-order valence-corrected chi connectivity index (χ0v) is 24.4. The Morgan fingerprint density at radius 3 is 1.91 bits per heavy atom. The summed E-state index contributed by atoms with van der Waals surface area (Å²) in [6.45, 7) is 4.40. The van der Waals surface area contributed by atoms with E-state index < -0.39 is 0 Å². The molecule has 0 saturated heterocycles. The first kappa shape index (κ1) is 25.3. The Kier molecular flexibility index (Phi) is 5.98. The van der Waals surface area contributed by atoms with Gasteiger partial charge in [-0.1, -0.05) is 109 Å². The Morgan fingerprint density at radius 2 is 1.02 bits per heavy atom. The maximum Gasteiger partial charge on any atom is 0.0541 e. The fourth-order valence-corrected chi connectivity index (χ4v) is 6.58. The van der Waals surface area contributed by atoms with Gasteiger partial charge in [0.25, 0.3) is 0 Å². The summed E-state index contributed by atoms with van der Waals surface area (Å²) in [5.74, 6) is 0. The van der Waals surface area contributed by atoms with Gasteiger partial charge in [-0.15, -0.1) is 0 Å². The van der Waals surface area contributed by atoms with Gasteiger partial charge in [-0.05, 0) is 112 Å². The van der Waals surface area contributed by atoms with E-state index in [-0.39, 0.29) is 0 Å². The van der Waals surface area contributed by atoms with E-state index in [2.05, 4.69) is 170 Å². The molecule has 1 heterocycles. The lowest BCUT2D eigenvalue weighted by molar-refractivity contribution is 1.19. The summed E-state index contributed by atoms with van der Waals surface area (Å²) in [6.07, 6.45) is 0. The van der Waals surface area contributed by atoms with Crippen LogP contribution in [0.15, 0.2) is 152 Å². The molecular weight excluding hydrogens is 518 g/mol. The van der Waals surface area contributed by atoms with Crippen molar-refractivity contribution in [1.82, 2.24) is 4.57 Å². The predicted octanol–water partition coefficient (Wildman–Crippen LogP) is 11.6. The summed E-state index contributed by atoms with van der Waals surface area (Å²) in [4.78, 5) is 0. The molecule has 0 aliphatic heterocycles. The van der Waals surface area contributed by atoms with Gasteiger partial charge < -0.3 is 4.57 Å². The number of nitrogens with zero attached hydrogens (tertiary/aromatic N) is 1. The molecule has 8 rings (SSSR count). The largest absolute Gasteiger partial charge is 0.309 e. The van der Waals surface area contributed by atoms with Crippen molar-refractivity contribution in [2.45, 2.75) is 13.8 Å². The normalized spacial score (nSPS) is 11.5. The second kappa shape index (κ2) is 10.2. The van der Waals surface area contributed by atoms with Gasteiger partial charge in [-0.2, -0.15) is 0 Å². The molecular formula is C42H31N. The Balaban J connectivity index is 1.29. The minimum Gasteiger partial charge on any atom is -0.309 e. The Hall–Kier alpha value is -5.40. The van der Waals surface area contributed by atoms with Gasteiger partial charge in [0, 0.05) is 16.5 Å². The Labute approximate surface area is 252 Å². The number of benzene rings is 7. The second-order valence-corrected chi connectivity index (χ2v) is 11.5. The van der Waals surface area contributed by atoms with Crippen LogP contribution in [0.4, 0.5) is 0 Å². The Morgan fingerprint density at radius 1 is 0.372 bits per heavy atom. The molecule has 1 heteroatoms. The van der Waals surface area contributed by atoms with Gasteiger partial charge in [-0.3, -0.25) is 0 Å². The molecule has 0 atom stereocenters. The van der Waals surface area contributed by atoms with Crippen LogP contribution in [0.1, 0.15) is 11.1 Å². The van der Waals surface area contributed by atoms with Crippen molar-refractivity contribution in [3.63, 3.8) is 0 Å². The quantitative estimate of drug-likeness (QED) is 0.206. The Bertz CT molecular complexity index is 2300. The fourth-order valence-electron chi connectivity index (χ4n) is 6.58. The molecule has 0 fully saturated rings. The zero-order chi connectivity index (χ0) is 28.9. The zero-order valence-electron chi connectivity index (χ0n) is 24.4. The van der Waals surface area contributed by atoms with Crippen molar-refractivity contribution in [1.29, 1.82) is 0 Å². The maximum absolute atomic E-state index is 2.41. The number of fused-ring (bicyclic) bond motifs is 4. The number of rotatable bonds is 4. The van der Waals surface area contributed by atoms with E-state index in [1.54, 1.807) is 0 Å². The van der Waals surface area contributed by atoms with E-state index in [4.69, 9.17) is 0 Å². The van der Waals surface area contributed by atoms with Crippen LogP contribution in [0, 0.1) is 13.8 Å². The van der Waals surface area contributed by atoms with Crippen LogP contribution >= 0.6 is 0 Å². The molecule has 0 spiro atoms. The minimum atomic E-state index is 1.17.